The Morgan fingerprint density at radius 2 is 1.97 bits per heavy atom. The van der Waals surface area contributed by atoms with Gasteiger partial charge in [0.1, 0.15) is 5.82 Å². The molecule has 0 fully saturated rings. The molecule has 5 rings (SSSR count). The second-order valence-corrected chi connectivity index (χ2v) is 8.80. The lowest BCUT2D eigenvalue weighted by molar-refractivity contribution is -0.118. The standard InChI is InChI=1S/C27H27N5O/c1-17-11-22(33)14-29-26(17)20-9-10-25-24(13-20)30-27(21-12-23(28)18(2)31(3)16-21)32(25)15-19-7-5-4-6-8-19/h4-10,12-13,16-17H,2,11,14-15,28H2,1,3H3. The lowest BCUT2D eigenvalue weighted by Crippen LogP contribution is -2.24. The molecule has 166 valence electrons. The van der Waals surface area contributed by atoms with Gasteiger partial charge in [0, 0.05) is 43.4 Å². The molecule has 0 amide bonds. The second kappa shape index (κ2) is 8.20. The molecule has 1 atom stereocenters. The topological polar surface area (TPSA) is 76.5 Å². The van der Waals surface area contributed by atoms with E-state index in [4.69, 9.17) is 10.7 Å². The van der Waals surface area contributed by atoms with Gasteiger partial charge in [-0.3, -0.25) is 9.79 Å². The Bertz CT molecular complexity index is 1360. The minimum absolute atomic E-state index is 0.109. The van der Waals surface area contributed by atoms with Gasteiger partial charge < -0.3 is 15.2 Å². The van der Waals surface area contributed by atoms with Crippen molar-refractivity contribution >= 4 is 28.1 Å². The normalized spacial score (nSPS) is 18.9. The van der Waals surface area contributed by atoms with E-state index in [1.54, 1.807) is 0 Å². The van der Waals surface area contributed by atoms with Crippen LogP contribution in [0.25, 0.3) is 16.6 Å². The highest BCUT2D eigenvalue weighted by atomic mass is 16.1. The number of nitrogens with zero attached hydrogens (tertiary/aromatic N) is 4. The fraction of sp³-hybridized carbons (Fsp3) is 0.222. The van der Waals surface area contributed by atoms with Crippen molar-refractivity contribution in [1.29, 1.82) is 0 Å². The first-order valence-electron chi connectivity index (χ1n) is 11.1. The maximum absolute atomic E-state index is 11.8. The first-order chi connectivity index (χ1) is 15.9. The van der Waals surface area contributed by atoms with Crippen LogP contribution in [0, 0.1) is 5.92 Å². The zero-order chi connectivity index (χ0) is 23.1. The number of fused-ring (bicyclic) bond motifs is 1. The van der Waals surface area contributed by atoms with Crippen LogP contribution in [-0.2, 0) is 11.3 Å². The zero-order valence-electron chi connectivity index (χ0n) is 19.0. The van der Waals surface area contributed by atoms with Gasteiger partial charge in [-0.15, -0.1) is 0 Å². The second-order valence-electron chi connectivity index (χ2n) is 8.80. The summed E-state index contributed by atoms with van der Waals surface area (Å²) in [4.78, 5) is 23.3. The number of nitrogens with two attached hydrogens (primary N) is 1. The first-order valence-corrected chi connectivity index (χ1v) is 11.1. The van der Waals surface area contributed by atoms with Gasteiger partial charge in [-0.1, -0.05) is 49.9 Å². The van der Waals surface area contributed by atoms with Gasteiger partial charge in [-0.25, -0.2) is 4.98 Å². The molecule has 0 aliphatic carbocycles. The number of carbonyl (C=O) groups excluding carboxylic acids is 1. The number of benzene rings is 2. The van der Waals surface area contributed by atoms with Crippen molar-refractivity contribution in [1.82, 2.24) is 14.5 Å². The third kappa shape index (κ3) is 3.89. The van der Waals surface area contributed by atoms with Crippen LogP contribution in [0.3, 0.4) is 0 Å². The summed E-state index contributed by atoms with van der Waals surface area (Å²) >= 11 is 0. The number of aromatic nitrogens is 2. The van der Waals surface area contributed by atoms with E-state index in [-0.39, 0.29) is 18.2 Å². The quantitative estimate of drug-likeness (QED) is 0.666. The molecule has 0 radical (unpaired) electrons. The molecule has 1 aromatic heterocycles. The molecule has 33 heavy (non-hydrogen) atoms. The van der Waals surface area contributed by atoms with Gasteiger partial charge >= 0.3 is 0 Å². The Kier molecular flexibility index (Phi) is 5.21. The van der Waals surface area contributed by atoms with Crippen LogP contribution in [0.5, 0.6) is 0 Å². The molecular weight excluding hydrogens is 410 g/mol. The van der Waals surface area contributed by atoms with Crippen molar-refractivity contribution in [3.05, 3.63) is 95.7 Å². The van der Waals surface area contributed by atoms with Crippen LogP contribution >= 0.6 is 0 Å². The van der Waals surface area contributed by atoms with Crippen molar-refractivity contribution in [2.75, 3.05) is 13.6 Å². The molecule has 6 heteroatoms. The summed E-state index contributed by atoms with van der Waals surface area (Å²) in [5.74, 6) is 1.15. The molecule has 2 aliphatic rings. The fourth-order valence-electron chi connectivity index (χ4n) is 4.54. The number of hydrogen-bond donors (Lipinski definition) is 1. The summed E-state index contributed by atoms with van der Waals surface area (Å²) in [5, 5.41) is 0. The molecule has 2 aliphatic heterocycles. The number of rotatable bonds is 4. The Morgan fingerprint density at radius 1 is 1.18 bits per heavy atom. The van der Waals surface area contributed by atoms with Crippen LogP contribution in [0.1, 0.15) is 30.3 Å². The number of imidazole rings is 1. The molecule has 0 spiro atoms. The number of carbonyl (C=O) groups is 1. The lowest BCUT2D eigenvalue weighted by Gasteiger charge is -2.23. The highest BCUT2D eigenvalue weighted by Gasteiger charge is 2.23. The fourth-order valence-corrected chi connectivity index (χ4v) is 4.54. The summed E-state index contributed by atoms with van der Waals surface area (Å²) in [6, 6.07) is 16.6. The number of aliphatic imine (C=N–C) groups is 1. The van der Waals surface area contributed by atoms with Gasteiger partial charge in [-0.05, 0) is 29.3 Å². The summed E-state index contributed by atoms with van der Waals surface area (Å²) in [5.41, 5.74) is 13.7. The number of Topliss-reactive ketones (excluding diaryl/α,β-unsaturated/α-hetero) is 1. The molecule has 0 saturated carbocycles. The predicted octanol–water partition coefficient (Wildman–Crippen LogP) is 4.13. The summed E-state index contributed by atoms with van der Waals surface area (Å²) < 4.78 is 2.22. The maximum atomic E-state index is 11.8. The van der Waals surface area contributed by atoms with E-state index in [2.05, 4.69) is 53.4 Å². The third-order valence-corrected chi connectivity index (χ3v) is 6.31. The molecule has 2 N–H and O–H groups in total. The van der Waals surface area contributed by atoms with Gasteiger partial charge in [0.15, 0.2) is 5.78 Å². The van der Waals surface area contributed by atoms with E-state index in [0.29, 0.717) is 18.7 Å². The Hall–Kier alpha value is -3.93. The Balaban J connectivity index is 1.65. The number of hydrogen-bond acceptors (Lipinski definition) is 5. The van der Waals surface area contributed by atoms with Gasteiger partial charge in [0.25, 0.3) is 0 Å². The van der Waals surface area contributed by atoms with Crippen molar-refractivity contribution in [2.24, 2.45) is 16.6 Å². The average molecular weight is 438 g/mol. The highest BCUT2D eigenvalue weighted by Crippen LogP contribution is 2.30. The first kappa shape index (κ1) is 20.9. The van der Waals surface area contributed by atoms with Crippen molar-refractivity contribution in [3.63, 3.8) is 0 Å². The predicted molar refractivity (Wildman–Crippen MR) is 133 cm³/mol. The van der Waals surface area contributed by atoms with E-state index in [0.717, 1.165) is 39.4 Å². The van der Waals surface area contributed by atoms with Crippen LogP contribution in [0.2, 0.25) is 0 Å². The van der Waals surface area contributed by atoms with Crippen molar-refractivity contribution in [2.45, 2.75) is 19.9 Å². The van der Waals surface area contributed by atoms with E-state index in [1.807, 2.05) is 42.4 Å². The highest BCUT2D eigenvalue weighted by molar-refractivity contribution is 6.08. The van der Waals surface area contributed by atoms with Crippen LogP contribution < -0.4 is 5.73 Å². The largest absolute Gasteiger partial charge is 0.397 e. The van der Waals surface area contributed by atoms with Crippen molar-refractivity contribution in [3.8, 4) is 0 Å². The number of likely N-dealkylation sites (N-methyl/N-ethyl adjacent to an activating group) is 1. The number of ketones is 1. The Morgan fingerprint density at radius 3 is 2.70 bits per heavy atom. The van der Waals surface area contributed by atoms with Crippen LogP contribution in [0.15, 0.2) is 83.8 Å². The Labute approximate surface area is 193 Å². The smallest absolute Gasteiger partial charge is 0.154 e. The number of allylic oxidation sites excluding steroid dienone is 2. The molecule has 3 aromatic rings. The third-order valence-electron chi connectivity index (χ3n) is 6.31. The molecular formula is C27H27N5O. The maximum Gasteiger partial charge on any atom is 0.154 e. The molecule has 6 nitrogen and oxygen atoms in total. The average Bonchev–Trinajstić information content (AvgIpc) is 3.15. The monoisotopic (exact) mass is 437 g/mol. The van der Waals surface area contributed by atoms with Gasteiger partial charge in [-0.2, -0.15) is 0 Å². The molecule has 1 unspecified atom stereocenters. The molecule has 0 bridgehead atoms. The summed E-state index contributed by atoms with van der Waals surface area (Å²) in [6.45, 7) is 7.05. The summed E-state index contributed by atoms with van der Waals surface area (Å²) in [6.07, 6.45) is 4.49. The van der Waals surface area contributed by atoms with E-state index >= 15 is 0 Å². The van der Waals surface area contributed by atoms with Gasteiger partial charge in [0.05, 0.1) is 29.0 Å². The zero-order valence-corrected chi connectivity index (χ0v) is 19.0. The van der Waals surface area contributed by atoms with E-state index in [9.17, 15) is 4.79 Å². The molecule has 0 saturated heterocycles. The van der Waals surface area contributed by atoms with E-state index < -0.39 is 0 Å². The minimum atomic E-state index is 0.109. The van der Waals surface area contributed by atoms with Gasteiger partial charge in [0.2, 0.25) is 0 Å². The molecule has 3 heterocycles. The molecule has 2 aromatic carbocycles. The van der Waals surface area contributed by atoms with Crippen molar-refractivity contribution < 1.29 is 4.79 Å². The summed E-state index contributed by atoms with van der Waals surface area (Å²) in [7, 11) is 1.94. The van der Waals surface area contributed by atoms with Crippen LogP contribution in [-0.4, -0.2) is 39.5 Å². The minimum Gasteiger partial charge on any atom is -0.397 e. The van der Waals surface area contributed by atoms with E-state index in [1.165, 1.54) is 5.56 Å². The lowest BCUT2D eigenvalue weighted by atomic mass is 9.91. The SMILES string of the molecule is C=C1C(N)=CC(c2nc3cc(C4=NCC(=O)CC4C)ccc3n2Cc2ccccc2)=CN1C. The van der Waals surface area contributed by atoms with Crippen LogP contribution in [0.4, 0.5) is 0 Å².